The molecule has 0 saturated carbocycles. The number of hydrogen-bond donors (Lipinski definition) is 4. The Morgan fingerprint density at radius 2 is 2.06 bits per heavy atom. The van der Waals surface area contributed by atoms with Gasteiger partial charge in [0.2, 0.25) is 11.8 Å². The van der Waals surface area contributed by atoms with E-state index in [1.165, 1.54) is 0 Å². The lowest BCUT2D eigenvalue weighted by Crippen LogP contribution is -2.43. The minimum atomic E-state index is -1.18. The molecule has 7 heteroatoms. The molecule has 0 spiro atoms. The summed E-state index contributed by atoms with van der Waals surface area (Å²) in [5.41, 5.74) is 10.5. The van der Waals surface area contributed by atoms with Gasteiger partial charge in [-0.1, -0.05) is 12.2 Å². The first-order chi connectivity index (χ1) is 8.40. The zero-order valence-electron chi connectivity index (χ0n) is 9.83. The minimum Gasteiger partial charge on any atom is -0.480 e. The van der Waals surface area contributed by atoms with Gasteiger partial charge in [0.25, 0.3) is 0 Å². The second-order valence-electron chi connectivity index (χ2n) is 4.30. The van der Waals surface area contributed by atoms with Crippen molar-refractivity contribution in [2.24, 2.45) is 17.4 Å². The van der Waals surface area contributed by atoms with Crippen molar-refractivity contribution in [3.63, 3.8) is 0 Å². The summed E-state index contributed by atoms with van der Waals surface area (Å²) >= 11 is 0. The molecule has 1 aliphatic rings. The lowest BCUT2D eigenvalue weighted by atomic mass is 10.1. The zero-order valence-corrected chi connectivity index (χ0v) is 9.83. The van der Waals surface area contributed by atoms with Crippen LogP contribution >= 0.6 is 0 Å². The number of aliphatic carboxylic acids is 1. The maximum absolute atomic E-state index is 11.8. The average Bonchev–Trinajstić information content (AvgIpc) is 2.70. The van der Waals surface area contributed by atoms with Crippen LogP contribution in [0.25, 0.3) is 0 Å². The molecule has 0 aliphatic heterocycles. The predicted octanol–water partition coefficient (Wildman–Crippen LogP) is -1.28. The van der Waals surface area contributed by atoms with Gasteiger partial charge in [-0.3, -0.25) is 9.59 Å². The predicted molar refractivity (Wildman–Crippen MR) is 63.2 cm³/mol. The van der Waals surface area contributed by atoms with Crippen LogP contribution in [0.5, 0.6) is 0 Å². The molecular formula is C11H17N3O4. The average molecular weight is 255 g/mol. The van der Waals surface area contributed by atoms with Crippen molar-refractivity contribution in [3.05, 3.63) is 12.2 Å². The van der Waals surface area contributed by atoms with Crippen molar-refractivity contribution in [2.75, 3.05) is 0 Å². The maximum atomic E-state index is 11.8. The number of carbonyl (C=O) groups is 3. The SMILES string of the molecule is NC(=O)CC[C@H](NC(=O)C1C=CC(N)C1)C(=O)O. The van der Waals surface area contributed by atoms with Gasteiger partial charge in [0.05, 0.1) is 5.92 Å². The third-order valence-corrected chi connectivity index (χ3v) is 2.75. The summed E-state index contributed by atoms with van der Waals surface area (Å²) in [4.78, 5) is 33.3. The van der Waals surface area contributed by atoms with E-state index in [9.17, 15) is 14.4 Å². The Hall–Kier alpha value is -1.89. The molecule has 0 bridgehead atoms. The molecule has 1 rings (SSSR count). The summed E-state index contributed by atoms with van der Waals surface area (Å²) in [5, 5.41) is 11.3. The fourth-order valence-electron chi connectivity index (χ4n) is 1.74. The second-order valence-corrected chi connectivity index (χ2v) is 4.30. The van der Waals surface area contributed by atoms with E-state index in [1.54, 1.807) is 12.2 Å². The Morgan fingerprint density at radius 1 is 1.39 bits per heavy atom. The van der Waals surface area contributed by atoms with Crippen LogP contribution in [0.1, 0.15) is 19.3 Å². The van der Waals surface area contributed by atoms with Crippen LogP contribution in [0.2, 0.25) is 0 Å². The number of rotatable bonds is 6. The molecule has 0 aromatic rings. The van der Waals surface area contributed by atoms with E-state index < -0.39 is 29.7 Å². The van der Waals surface area contributed by atoms with Crippen molar-refractivity contribution in [2.45, 2.75) is 31.3 Å². The van der Waals surface area contributed by atoms with Crippen LogP contribution in [0, 0.1) is 5.92 Å². The molecule has 0 radical (unpaired) electrons. The Labute approximate surface area is 104 Å². The Balaban J connectivity index is 2.50. The summed E-state index contributed by atoms with van der Waals surface area (Å²) < 4.78 is 0. The van der Waals surface area contributed by atoms with Gasteiger partial charge in [0.15, 0.2) is 0 Å². The van der Waals surface area contributed by atoms with Gasteiger partial charge in [-0.15, -0.1) is 0 Å². The van der Waals surface area contributed by atoms with Gasteiger partial charge < -0.3 is 21.9 Å². The number of carbonyl (C=O) groups excluding carboxylic acids is 2. The number of amides is 2. The van der Waals surface area contributed by atoms with Crippen LogP contribution in [0.15, 0.2) is 12.2 Å². The van der Waals surface area contributed by atoms with Crippen LogP contribution in [0.4, 0.5) is 0 Å². The highest BCUT2D eigenvalue weighted by molar-refractivity contribution is 5.86. The summed E-state index contributed by atoms with van der Waals surface area (Å²) in [5.74, 6) is -2.58. The number of carboxylic acid groups (broad SMARTS) is 1. The smallest absolute Gasteiger partial charge is 0.326 e. The summed E-state index contributed by atoms with van der Waals surface area (Å²) in [7, 11) is 0. The lowest BCUT2D eigenvalue weighted by Gasteiger charge is -2.16. The van der Waals surface area contributed by atoms with Gasteiger partial charge in [0, 0.05) is 12.5 Å². The Bertz CT molecular complexity index is 380. The zero-order chi connectivity index (χ0) is 13.7. The minimum absolute atomic E-state index is 0.0150. The van der Waals surface area contributed by atoms with E-state index >= 15 is 0 Å². The second kappa shape index (κ2) is 6.15. The normalized spacial score (nSPS) is 23.6. The molecular weight excluding hydrogens is 238 g/mol. The number of nitrogens with one attached hydrogen (secondary N) is 1. The maximum Gasteiger partial charge on any atom is 0.326 e. The lowest BCUT2D eigenvalue weighted by molar-refractivity contribution is -0.142. The molecule has 0 fully saturated rings. The van der Waals surface area contributed by atoms with E-state index in [-0.39, 0.29) is 18.9 Å². The number of nitrogens with two attached hydrogens (primary N) is 2. The molecule has 0 saturated heterocycles. The van der Waals surface area contributed by atoms with E-state index in [1.807, 2.05) is 0 Å². The largest absolute Gasteiger partial charge is 0.480 e. The first kappa shape index (κ1) is 14.2. The molecule has 0 heterocycles. The quantitative estimate of drug-likeness (QED) is 0.438. The molecule has 2 amide bonds. The van der Waals surface area contributed by atoms with Gasteiger partial charge in [-0.05, 0) is 12.8 Å². The Morgan fingerprint density at radius 3 is 2.50 bits per heavy atom. The molecule has 0 aromatic heterocycles. The summed E-state index contributed by atoms with van der Waals surface area (Å²) in [6, 6.07) is -1.27. The molecule has 7 nitrogen and oxygen atoms in total. The highest BCUT2D eigenvalue weighted by atomic mass is 16.4. The monoisotopic (exact) mass is 255 g/mol. The van der Waals surface area contributed by atoms with Crippen LogP contribution in [0.3, 0.4) is 0 Å². The third-order valence-electron chi connectivity index (χ3n) is 2.75. The standard InChI is InChI=1S/C11H17N3O4/c12-7-2-1-6(5-7)10(16)14-8(11(17)18)3-4-9(13)15/h1-2,6-8H,3-5,12H2,(H2,13,15)(H,14,16)(H,17,18)/t6?,7?,8-/m0/s1. The van der Waals surface area contributed by atoms with Crippen molar-refractivity contribution in [1.82, 2.24) is 5.32 Å². The highest BCUT2D eigenvalue weighted by Gasteiger charge is 2.27. The molecule has 6 N–H and O–H groups in total. The molecule has 3 atom stereocenters. The summed E-state index contributed by atoms with van der Waals surface area (Å²) in [6.45, 7) is 0. The first-order valence-electron chi connectivity index (χ1n) is 5.65. The van der Waals surface area contributed by atoms with E-state index in [0.29, 0.717) is 6.42 Å². The summed E-state index contributed by atoms with van der Waals surface area (Å²) in [6.07, 6.45) is 3.74. The molecule has 18 heavy (non-hydrogen) atoms. The highest BCUT2D eigenvalue weighted by Crippen LogP contribution is 2.16. The van der Waals surface area contributed by atoms with Gasteiger partial charge in [0.1, 0.15) is 6.04 Å². The number of primary amides is 1. The van der Waals surface area contributed by atoms with Crippen molar-refractivity contribution < 1.29 is 19.5 Å². The van der Waals surface area contributed by atoms with E-state index in [2.05, 4.69) is 5.32 Å². The molecule has 0 aromatic carbocycles. The van der Waals surface area contributed by atoms with E-state index in [4.69, 9.17) is 16.6 Å². The first-order valence-corrected chi connectivity index (χ1v) is 5.65. The third kappa shape index (κ3) is 4.17. The van der Waals surface area contributed by atoms with Gasteiger partial charge >= 0.3 is 5.97 Å². The number of hydrogen-bond acceptors (Lipinski definition) is 4. The fourth-order valence-corrected chi connectivity index (χ4v) is 1.74. The topological polar surface area (TPSA) is 136 Å². The van der Waals surface area contributed by atoms with Gasteiger partial charge in [-0.2, -0.15) is 0 Å². The van der Waals surface area contributed by atoms with Crippen molar-refractivity contribution >= 4 is 17.8 Å². The van der Waals surface area contributed by atoms with E-state index in [0.717, 1.165) is 0 Å². The van der Waals surface area contributed by atoms with Gasteiger partial charge in [-0.25, -0.2) is 4.79 Å². The number of carboxylic acids is 1. The molecule has 1 aliphatic carbocycles. The molecule has 100 valence electrons. The van der Waals surface area contributed by atoms with Crippen molar-refractivity contribution in [3.8, 4) is 0 Å². The Kier molecular flexibility index (Phi) is 4.85. The van der Waals surface area contributed by atoms with Crippen LogP contribution < -0.4 is 16.8 Å². The fraction of sp³-hybridized carbons (Fsp3) is 0.545. The molecule has 2 unspecified atom stereocenters. The van der Waals surface area contributed by atoms with Crippen LogP contribution in [-0.4, -0.2) is 35.0 Å². The van der Waals surface area contributed by atoms with Crippen LogP contribution in [-0.2, 0) is 14.4 Å². The van der Waals surface area contributed by atoms with Crippen molar-refractivity contribution in [1.29, 1.82) is 0 Å².